The van der Waals surface area contributed by atoms with Gasteiger partial charge in [0.25, 0.3) is 0 Å². The normalized spacial score (nSPS) is 32.6. The number of carboxylic acid groups (broad SMARTS) is 1. The molecule has 2 saturated heterocycles. The first-order valence-electron chi connectivity index (χ1n) is 6.96. The van der Waals surface area contributed by atoms with Crippen molar-refractivity contribution in [1.29, 1.82) is 0 Å². The van der Waals surface area contributed by atoms with Crippen LogP contribution in [0.1, 0.15) is 33.1 Å². The van der Waals surface area contributed by atoms with Crippen molar-refractivity contribution in [3.8, 4) is 0 Å². The Balaban J connectivity index is 2.22. The Morgan fingerprint density at radius 3 is 2.65 bits per heavy atom. The van der Waals surface area contributed by atoms with Crippen LogP contribution in [-0.2, 0) is 19.4 Å². The van der Waals surface area contributed by atoms with E-state index >= 15 is 0 Å². The zero-order valence-corrected chi connectivity index (χ0v) is 13.5. The fourth-order valence-electron chi connectivity index (χ4n) is 3.14. The predicted molar refractivity (Wildman–Crippen MR) is 78.8 cm³/mol. The van der Waals surface area contributed by atoms with Gasteiger partial charge in [0.15, 0.2) is 15.1 Å². The van der Waals surface area contributed by atoms with Gasteiger partial charge in [0.2, 0.25) is 0 Å². The third-order valence-corrected chi connectivity index (χ3v) is 8.19. The summed E-state index contributed by atoms with van der Waals surface area (Å²) in [6, 6.07) is 0. The summed E-state index contributed by atoms with van der Waals surface area (Å²) < 4.78 is 31.2. The quantitative estimate of drug-likeness (QED) is 0.846. The maximum atomic E-state index is 12.7. The summed E-state index contributed by atoms with van der Waals surface area (Å²) in [6.07, 6.45) is 1.72. The largest absolute Gasteiger partial charge is 0.480 e. The Morgan fingerprint density at radius 1 is 1.45 bits per heavy atom. The summed E-state index contributed by atoms with van der Waals surface area (Å²) >= 11 is 1.78. The Bertz CT molecular complexity index is 465. The zero-order chi connectivity index (χ0) is 15.0. The molecule has 0 aromatic carbocycles. The van der Waals surface area contributed by atoms with Crippen molar-refractivity contribution in [3.63, 3.8) is 0 Å². The van der Waals surface area contributed by atoms with Crippen LogP contribution in [0.15, 0.2) is 0 Å². The molecule has 0 saturated carbocycles. The minimum absolute atomic E-state index is 0.347. The minimum Gasteiger partial charge on any atom is -0.480 e. The van der Waals surface area contributed by atoms with Crippen LogP contribution in [0, 0.1) is 5.92 Å². The molecule has 0 aliphatic carbocycles. The lowest BCUT2D eigenvalue weighted by Crippen LogP contribution is -2.49. The van der Waals surface area contributed by atoms with E-state index in [2.05, 4.69) is 0 Å². The smallest absolute Gasteiger partial charge is 0.322 e. The third kappa shape index (κ3) is 2.99. The van der Waals surface area contributed by atoms with E-state index in [9.17, 15) is 18.3 Å². The van der Waals surface area contributed by atoms with Crippen LogP contribution in [0.4, 0.5) is 0 Å². The number of carboxylic acids is 1. The third-order valence-electron chi connectivity index (χ3n) is 4.18. The topological polar surface area (TPSA) is 80.7 Å². The van der Waals surface area contributed by atoms with Crippen LogP contribution in [0.2, 0.25) is 0 Å². The number of aliphatic carboxylic acids is 1. The van der Waals surface area contributed by atoms with Crippen LogP contribution in [0.25, 0.3) is 0 Å². The van der Waals surface area contributed by atoms with E-state index in [0.717, 1.165) is 17.9 Å². The molecule has 2 aliphatic rings. The van der Waals surface area contributed by atoms with Gasteiger partial charge in [-0.1, -0.05) is 13.8 Å². The van der Waals surface area contributed by atoms with E-state index in [-0.39, 0.29) is 5.60 Å². The van der Waals surface area contributed by atoms with E-state index in [1.165, 1.54) is 0 Å². The van der Waals surface area contributed by atoms with Gasteiger partial charge in [-0.3, -0.25) is 4.79 Å². The summed E-state index contributed by atoms with van der Waals surface area (Å²) in [5.41, 5.74) is -0.347. The monoisotopic (exact) mass is 322 g/mol. The molecule has 2 aliphatic heterocycles. The maximum Gasteiger partial charge on any atom is 0.322 e. The molecular formula is C13H22O5S2. The summed E-state index contributed by atoms with van der Waals surface area (Å²) in [5.74, 6) is 0.146. The second-order valence-electron chi connectivity index (χ2n) is 6.04. The molecular weight excluding hydrogens is 300 g/mol. The van der Waals surface area contributed by atoms with Gasteiger partial charge >= 0.3 is 5.97 Å². The molecule has 2 rings (SSSR count). The molecule has 20 heavy (non-hydrogen) atoms. The van der Waals surface area contributed by atoms with Crippen molar-refractivity contribution < 1.29 is 23.1 Å². The van der Waals surface area contributed by atoms with Gasteiger partial charge in [-0.15, -0.1) is 0 Å². The number of thioether (sulfide) groups is 1. The van der Waals surface area contributed by atoms with Crippen LogP contribution in [-0.4, -0.2) is 53.7 Å². The van der Waals surface area contributed by atoms with E-state index in [0.29, 0.717) is 19.4 Å². The Labute approximate surface area is 124 Å². The van der Waals surface area contributed by atoms with Crippen molar-refractivity contribution in [2.75, 3.05) is 18.1 Å². The highest BCUT2D eigenvalue weighted by Crippen LogP contribution is 2.41. The second-order valence-corrected chi connectivity index (χ2v) is 9.50. The molecule has 0 aromatic rings. The second kappa shape index (κ2) is 5.85. The van der Waals surface area contributed by atoms with Crippen molar-refractivity contribution in [1.82, 2.24) is 0 Å². The predicted octanol–water partition coefficient (Wildman–Crippen LogP) is 1.57. The average molecular weight is 322 g/mol. The van der Waals surface area contributed by atoms with Gasteiger partial charge in [-0.25, -0.2) is 8.42 Å². The molecule has 0 aromatic heterocycles. The Morgan fingerprint density at radius 2 is 2.15 bits per heavy atom. The lowest BCUT2D eigenvalue weighted by Gasteiger charge is -2.38. The Hall–Kier alpha value is -0.270. The van der Waals surface area contributed by atoms with E-state index in [1.807, 2.05) is 0 Å². The number of rotatable bonds is 4. The van der Waals surface area contributed by atoms with Gasteiger partial charge in [-0.2, -0.15) is 11.8 Å². The minimum atomic E-state index is -3.67. The highest BCUT2D eigenvalue weighted by atomic mass is 32.2. The Kier molecular flexibility index (Phi) is 4.71. The molecule has 0 radical (unpaired) electrons. The standard InChI is InChI=1S/C13H22O5S2/c1-9(2)11(12(14)15)20(16,17)10-3-5-18-13(7-10)4-6-19-8-13/h9-11H,3-8H2,1-2H3,(H,14,15). The average Bonchev–Trinajstić information content (AvgIpc) is 2.75. The first-order valence-corrected chi connectivity index (χ1v) is 9.72. The SMILES string of the molecule is CC(C)C(C(=O)O)S(=O)(=O)C1CCOC2(CCSC2)C1. The highest BCUT2D eigenvalue weighted by Gasteiger charge is 2.48. The lowest BCUT2D eigenvalue weighted by molar-refractivity contribution is -0.137. The summed E-state index contributed by atoms with van der Waals surface area (Å²) in [5, 5.41) is 7.36. The first-order chi connectivity index (χ1) is 9.28. The van der Waals surface area contributed by atoms with Crippen molar-refractivity contribution in [2.45, 2.75) is 49.2 Å². The van der Waals surface area contributed by atoms with Crippen LogP contribution in [0.3, 0.4) is 0 Å². The fraction of sp³-hybridized carbons (Fsp3) is 0.923. The number of ether oxygens (including phenoxy) is 1. The molecule has 1 N–H and O–H groups in total. The highest BCUT2D eigenvalue weighted by molar-refractivity contribution is 7.99. The molecule has 5 nitrogen and oxygen atoms in total. The van der Waals surface area contributed by atoms with Crippen LogP contribution in [0.5, 0.6) is 0 Å². The molecule has 2 heterocycles. The number of sulfone groups is 1. The van der Waals surface area contributed by atoms with Gasteiger partial charge in [0.1, 0.15) is 0 Å². The van der Waals surface area contributed by atoms with E-state index in [1.54, 1.807) is 25.6 Å². The van der Waals surface area contributed by atoms with Crippen molar-refractivity contribution >= 4 is 27.6 Å². The van der Waals surface area contributed by atoms with Crippen LogP contribution < -0.4 is 0 Å². The molecule has 2 fully saturated rings. The first kappa shape index (κ1) is 16.1. The van der Waals surface area contributed by atoms with Crippen molar-refractivity contribution in [3.05, 3.63) is 0 Å². The van der Waals surface area contributed by atoms with Gasteiger partial charge < -0.3 is 9.84 Å². The molecule has 3 unspecified atom stereocenters. The molecule has 3 atom stereocenters. The number of carbonyl (C=O) groups is 1. The molecule has 116 valence electrons. The molecule has 0 amide bonds. The fourth-order valence-corrected chi connectivity index (χ4v) is 6.93. The van der Waals surface area contributed by atoms with Crippen LogP contribution >= 0.6 is 11.8 Å². The summed E-state index contributed by atoms with van der Waals surface area (Å²) in [4.78, 5) is 11.3. The number of hydrogen-bond acceptors (Lipinski definition) is 5. The molecule has 0 bridgehead atoms. The van der Waals surface area contributed by atoms with Gasteiger partial charge in [0, 0.05) is 12.4 Å². The van der Waals surface area contributed by atoms with E-state index in [4.69, 9.17) is 4.74 Å². The summed E-state index contributed by atoms with van der Waals surface area (Å²) in [7, 11) is -3.67. The molecule has 1 spiro atoms. The zero-order valence-electron chi connectivity index (χ0n) is 11.9. The maximum absolute atomic E-state index is 12.7. The lowest BCUT2D eigenvalue weighted by atomic mass is 9.93. The number of hydrogen-bond donors (Lipinski definition) is 1. The molecule has 7 heteroatoms. The van der Waals surface area contributed by atoms with Gasteiger partial charge in [-0.05, 0) is 30.9 Å². The van der Waals surface area contributed by atoms with E-state index < -0.39 is 32.2 Å². The summed E-state index contributed by atoms with van der Waals surface area (Å²) in [6.45, 7) is 3.71. The van der Waals surface area contributed by atoms with Gasteiger partial charge in [0.05, 0.1) is 10.9 Å². The van der Waals surface area contributed by atoms with Crippen molar-refractivity contribution in [2.24, 2.45) is 5.92 Å².